The summed E-state index contributed by atoms with van der Waals surface area (Å²) in [7, 11) is 0. The van der Waals surface area contributed by atoms with Crippen LogP contribution in [0.4, 0.5) is 10.5 Å². The van der Waals surface area contributed by atoms with Gasteiger partial charge in [-0.2, -0.15) is 0 Å². The van der Waals surface area contributed by atoms with Crippen molar-refractivity contribution in [1.29, 1.82) is 0 Å². The summed E-state index contributed by atoms with van der Waals surface area (Å²) in [6.45, 7) is 13.4. The van der Waals surface area contributed by atoms with E-state index in [-0.39, 0.29) is 30.9 Å². The molecule has 0 saturated carbocycles. The molecule has 9 nitrogen and oxygen atoms in total. The van der Waals surface area contributed by atoms with E-state index >= 15 is 0 Å². The van der Waals surface area contributed by atoms with Gasteiger partial charge in [0.25, 0.3) is 11.8 Å². The summed E-state index contributed by atoms with van der Waals surface area (Å²) >= 11 is 0. The van der Waals surface area contributed by atoms with Crippen molar-refractivity contribution in [1.82, 2.24) is 10.2 Å². The van der Waals surface area contributed by atoms with Crippen LogP contribution in [0.2, 0.25) is 0 Å². The van der Waals surface area contributed by atoms with E-state index in [1.54, 1.807) is 36.9 Å². The molecule has 2 atom stereocenters. The molecule has 0 radical (unpaired) electrons. The smallest absolute Gasteiger partial charge is 0.407 e. The normalized spacial score (nSPS) is 15.7. The number of fused-ring (bicyclic) bond motifs is 1. The van der Waals surface area contributed by atoms with Crippen molar-refractivity contribution in [3.8, 4) is 11.8 Å². The molecule has 0 aliphatic carbocycles. The highest BCUT2D eigenvalue weighted by Gasteiger charge is 2.43. The van der Waals surface area contributed by atoms with Crippen molar-refractivity contribution in [2.75, 3.05) is 18.1 Å². The van der Waals surface area contributed by atoms with E-state index in [1.165, 1.54) is 4.90 Å². The molecule has 1 aliphatic rings. The lowest BCUT2D eigenvalue weighted by molar-refractivity contribution is -0.144. The summed E-state index contributed by atoms with van der Waals surface area (Å²) in [4.78, 5) is 56.1. The van der Waals surface area contributed by atoms with Crippen LogP contribution in [0.3, 0.4) is 0 Å². The number of carbonyl (C=O) groups excluding carboxylic acids is 4. The molecule has 0 spiro atoms. The Kier molecular flexibility index (Phi) is 11.4. The molecule has 0 saturated heterocycles. The van der Waals surface area contributed by atoms with E-state index in [4.69, 9.17) is 9.47 Å². The molecule has 43 heavy (non-hydrogen) atoms. The van der Waals surface area contributed by atoms with Crippen molar-refractivity contribution in [2.24, 2.45) is 0 Å². The Bertz CT molecular complexity index is 1370. The van der Waals surface area contributed by atoms with E-state index in [1.807, 2.05) is 65.0 Å². The van der Waals surface area contributed by atoms with Crippen LogP contribution in [0.1, 0.15) is 95.3 Å². The zero-order valence-electron chi connectivity index (χ0n) is 26.2. The summed E-state index contributed by atoms with van der Waals surface area (Å²) in [6, 6.07) is 12.7. The highest BCUT2D eigenvalue weighted by Crippen LogP contribution is 2.38. The standard InChI is InChI=1S/C34H43N3O6/c1-8-42-29(38)21-24(4)37-30(26-16-12-9-13-17-26)32(40)36(23(2)3)28-19-18-25(22-27(28)31(37)39)15-11-10-14-20-35-33(41)43-34(5,6)7/h9,12-13,16-19,22-24,30H,8,10,14,20-21H2,1-7H3,(H,35,41). The van der Waals surface area contributed by atoms with Gasteiger partial charge < -0.3 is 24.6 Å². The zero-order chi connectivity index (χ0) is 31.7. The molecule has 0 fully saturated rings. The van der Waals surface area contributed by atoms with Crippen molar-refractivity contribution < 1.29 is 28.7 Å². The first-order valence-corrected chi connectivity index (χ1v) is 14.8. The average Bonchev–Trinajstić information content (AvgIpc) is 3.02. The second-order valence-electron chi connectivity index (χ2n) is 11.8. The number of nitrogens with zero attached hydrogens (tertiary/aromatic N) is 2. The number of nitrogens with one attached hydrogen (secondary N) is 1. The lowest BCUT2D eigenvalue weighted by Gasteiger charge is -2.36. The molecule has 1 aliphatic heterocycles. The maximum atomic E-state index is 14.3. The number of anilines is 1. The fourth-order valence-electron chi connectivity index (χ4n) is 4.95. The number of rotatable bonds is 9. The summed E-state index contributed by atoms with van der Waals surface area (Å²) in [5.74, 6) is 5.17. The molecule has 1 heterocycles. The number of ether oxygens (including phenoxy) is 2. The van der Waals surface area contributed by atoms with Gasteiger partial charge in [-0.05, 0) is 78.6 Å². The molecular weight excluding hydrogens is 546 g/mol. The van der Waals surface area contributed by atoms with E-state index in [2.05, 4.69) is 17.2 Å². The highest BCUT2D eigenvalue weighted by atomic mass is 16.6. The van der Waals surface area contributed by atoms with Gasteiger partial charge in [-0.3, -0.25) is 14.4 Å². The van der Waals surface area contributed by atoms with Gasteiger partial charge in [-0.25, -0.2) is 4.79 Å². The number of unbranched alkanes of at least 4 members (excludes halogenated alkanes) is 1. The number of carbonyl (C=O) groups is 4. The maximum absolute atomic E-state index is 14.3. The van der Waals surface area contributed by atoms with Crippen molar-refractivity contribution in [2.45, 2.75) is 91.5 Å². The monoisotopic (exact) mass is 589 g/mol. The Labute approximate surface area is 254 Å². The van der Waals surface area contributed by atoms with Crippen LogP contribution in [0.5, 0.6) is 0 Å². The quantitative estimate of drug-likeness (QED) is 0.231. The van der Waals surface area contributed by atoms with E-state index in [9.17, 15) is 19.2 Å². The minimum absolute atomic E-state index is 0.0516. The number of benzene rings is 2. The van der Waals surface area contributed by atoms with Gasteiger partial charge in [-0.1, -0.05) is 42.2 Å². The number of hydrogen-bond acceptors (Lipinski definition) is 6. The first kappa shape index (κ1) is 33.2. The Morgan fingerprint density at radius 3 is 2.37 bits per heavy atom. The third-order valence-corrected chi connectivity index (χ3v) is 6.72. The Hall–Kier alpha value is -4.32. The number of amides is 3. The molecule has 3 amide bonds. The van der Waals surface area contributed by atoms with E-state index < -0.39 is 29.7 Å². The minimum Gasteiger partial charge on any atom is -0.466 e. The second-order valence-corrected chi connectivity index (χ2v) is 11.8. The first-order chi connectivity index (χ1) is 20.3. The van der Waals surface area contributed by atoms with Crippen LogP contribution < -0.4 is 10.2 Å². The van der Waals surface area contributed by atoms with Crippen LogP contribution >= 0.6 is 0 Å². The predicted octanol–water partition coefficient (Wildman–Crippen LogP) is 5.62. The minimum atomic E-state index is -0.931. The number of alkyl carbamates (subject to hydrolysis) is 1. The highest BCUT2D eigenvalue weighted by molar-refractivity contribution is 6.11. The van der Waals surface area contributed by atoms with Crippen LogP contribution in [0.25, 0.3) is 0 Å². The van der Waals surface area contributed by atoms with Crippen LogP contribution in [-0.4, -0.2) is 59.6 Å². The lowest BCUT2D eigenvalue weighted by Crippen LogP contribution is -2.48. The largest absolute Gasteiger partial charge is 0.466 e. The van der Waals surface area contributed by atoms with Gasteiger partial charge in [-0.15, -0.1) is 0 Å². The van der Waals surface area contributed by atoms with Crippen molar-refractivity contribution in [3.63, 3.8) is 0 Å². The molecule has 230 valence electrons. The summed E-state index contributed by atoms with van der Waals surface area (Å²) in [6.07, 6.45) is 0.633. The zero-order valence-corrected chi connectivity index (χ0v) is 26.2. The topological polar surface area (TPSA) is 105 Å². The van der Waals surface area contributed by atoms with Gasteiger partial charge in [0.2, 0.25) is 0 Å². The fraction of sp³-hybridized carbons (Fsp3) is 0.471. The second kappa shape index (κ2) is 14.7. The maximum Gasteiger partial charge on any atom is 0.407 e. The molecule has 0 bridgehead atoms. The van der Waals surface area contributed by atoms with E-state index in [0.717, 1.165) is 0 Å². The third kappa shape index (κ3) is 8.84. The lowest BCUT2D eigenvalue weighted by atomic mass is 10.0. The summed E-state index contributed by atoms with van der Waals surface area (Å²) in [5.41, 5.74) is 1.57. The molecule has 1 N–H and O–H groups in total. The van der Waals surface area contributed by atoms with Gasteiger partial charge in [0, 0.05) is 30.6 Å². The number of hydrogen-bond donors (Lipinski definition) is 1. The first-order valence-electron chi connectivity index (χ1n) is 14.8. The molecule has 2 unspecified atom stereocenters. The Balaban J connectivity index is 1.93. The average molecular weight is 590 g/mol. The molecule has 3 rings (SSSR count). The van der Waals surface area contributed by atoms with Crippen LogP contribution in [-0.2, 0) is 19.1 Å². The predicted molar refractivity (Wildman–Crippen MR) is 165 cm³/mol. The van der Waals surface area contributed by atoms with Crippen LogP contribution in [0.15, 0.2) is 48.5 Å². The van der Waals surface area contributed by atoms with Crippen molar-refractivity contribution >= 4 is 29.6 Å². The fourth-order valence-corrected chi connectivity index (χ4v) is 4.95. The molecule has 0 aromatic heterocycles. The Morgan fingerprint density at radius 1 is 1.05 bits per heavy atom. The molecule has 9 heteroatoms. The molecular formula is C34H43N3O6. The van der Waals surface area contributed by atoms with Crippen LogP contribution in [0, 0.1) is 11.8 Å². The Morgan fingerprint density at radius 2 is 1.74 bits per heavy atom. The van der Waals surface area contributed by atoms with Gasteiger partial charge in [0.05, 0.1) is 24.3 Å². The van der Waals surface area contributed by atoms with Gasteiger partial charge >= 0.3 is 12.1 Å². The molecule has 2 aromatic rings. The van der Waals surface area contributed by atoms with Crippen molar-refractivity contribution in [3.05, 3.63) is 65.2 Å². The van der Waals surface area contributed by atoms with E-state index in [0.29, 0.717) is 41.8 Å². The van der Waals surface area contributed by atoms with Gasteiger partial charge in [0.1, 0.15) is 11.6 Å². The summed E-state index contributed by atoms with van der Waals surface area (Å²) in [5, 5.41) is 2.72. The third-order valence-electron chi connectivity index (χ3n) is 6.72. The number of esters is 1. The van der Waals surface area contributed by atoms with Gasteiger partial charge in [0.15, 0.2) is 0 Å². The SMILES string of the molecule is CCOC(=O)CC(C)N1C(=O)c2cc(C#CCCCNC(=O)OC(C)(C)C)ccc2N(C(C)C)C(=O)C1c1ccccc1. The molecule has 2 aromatic carbocycles. The summed E-state index contributed by atoms with van der Waals surface area (Å²) < 4.78 is 10.4.